The molecule has 0 aliphatic rings. The molecule has 2 aromatic heterocycles. The topological polar surface area (TPSA) is 107 Å². The lowest BCUT2D eigenvalue weighted by atomic mass is 9.96. The lowest BCUT2D eigenvalue weighted by Crippen LogP contribution is -2.47. The van der Waals surface area contributed by atoms with Crippen LogP contribution in [-0.4, -0.2) is 36.4 Å². The highest BCUT2D eigenvalue weighted by Crippen LogP contribution is 2.34. The van der Waals surface area contributed by atoms with Crippen LogP contribution in [0.5, 0.6) is 0 Å². The normalized spacial score (nSPS) is 11.4. The standard InChI is InChI=1S/C24H22Cl3N7O2/c1-24(2,3)23(36)31-30-22(35)20-17(11-33-13-28-12-29-33)21(14-4-6-15(25)7-5-14)34(32-20)19-9-8-16(26)10-18(19)27/h4-10,12-13H,11H2,1-3H3,(H,30,35)(H,31,36). The smallest absolute Gasteiger partial charge is 0.273 e. The van der Waals surface area contributed by atoms with Crippen LogP contribution in [0.2, 0.25) is 15.1 Å². The summed E-state index contributed by atoms with van der Waals surface area (Å²) < 4.78 is 3.13. The second kappa shape index (κ2) is 10.3. The Morgan fingerprint density at radius 3 is 2.28 bits per heavy atom. The van der Waals surface area contributed by atoms with Gasteiger partial charge in [-0.15, -0.1) is 0 Å². The molecule has 0 unspecified atom stereocenters. The highest BCUT2D eigenvalue weighted by atomic mass is 35.5. The van der Waals surface area contributed by atoms with Crippen LogP contribution in [0.1, 0.15) is 36.8 Å². The number of benzene rings is 2. The van der Waals surface area contributed by atoms with Crippen molar-refractivity contribution in [3.05, 3.63) is 81.4 Å². The van der Waals surface area contributed by atoms with Crippen LogP contribution in [0.25, 0.3) is 16.9 Å². The Hall–Kier alpha value is -3.40. The molecular weight excluding hydrogens is 525 g/mol. The number of halogens is 3. The second-order valence-electron chi connectivity index (χ2n) is 8.94. The van der Waals surface area contributed by atoms with Crippen molar-refractivity contribution in [2.75, 3.05) is 0 Å². The van der Waals surface area contributed by atoms with E-state index in [1.165, 1.54) is 12.7 Å². The third-order valence-electron chi connectivity index (χ3n) is 5.21. The minimum atomic E-state index is -0.707. The first-order valence-corrected chi connectivity index (χ1v) is 11.9. The number of nitrogens with zero attached hydrogens (tertiary/aromatic N) is 5. The Morgan fingerprint density at radius 1 is 0.972 bits per heavy atom. The number of hydrazine groups is 1. The molecule has 4 rings (SSSR count). The zero-order valence-corrected chi connectivity index (χ0v) is 21.9. The Kier molecular flexibility index (Phi) is 7.35. The Morgan fingerprint density at radius 2 is 1.67 bits per heavy atom. The molecule has 2 N–H and O–H groups in total. The van der Waals surface area contributed by atoms with E-state index in [0.717, 1.165) is 5.56 Å². The lowest BCUT2D eigenvalue weighted by Gasteiger charge is -2.17. The third kappa shape index (κ3) is 5.53. The molecule has 0 fully saturated rings. The number of carbonyl (C=O) groups excluding carboxylic acids is 2. The van der Waals surface area contributed by atoms with Crippen LogP contribution < -0.4 is 10.9 Å². The van der Waals surface area contributed by atoms with Crippen LogP contribution in [0.15, 0.2) is 55.1 Å². The summed E-state index contributed by atoms with van der Waals surface area (Å²) in [6.45, 7) is 5.38. The van der Waals surface area contributed by atoms with Crippen LogP contribution in [0.3, 0.4) is 0 Å². The van der Waals surface area contributed by atoms with Crippen LogP contribution in [0, 0.1) is 5.41 Å². The van der Waals surface area contributed by atoms with Gasteiger partial charge in [0.25, 0.3) is 5.91 Å². The quantitative estimate of drug-likeness (QED) is 0.345. The average Bonchev–Trinajstić information content (AvgIpc) is 3.46. The number of nitrogens with one attached hydrogen (secondary N) is 2. The van der Waals surface area contributed by atoms with Gasteiger partial charge in [0.15, 0.2) is 5.69 Å². The molecule has 2 aromatic carbocycles. The van der Waals surface area contributed by atoms with Crippen molar-refractivity contribution in [1.82, 2.24) is 35.4 Å². The summed E-state index contributed by atoms with van der Waals surface area (Å²) in [6.07, 6.45) is 2.92. The molecule has 186 valence electrons. The monoisotopic (exact) mass is 545 g/mol. The van der Waals surface area contributed by atoms with E-state index in [4.69, 9.17) is 34.8 Å². The minimum Gasteiger partial charge on any atom is -0.273 e. The molecular formula is C24H22Cl3N7O2. The van der Waals surface area contributed by atoms with E-state index in [1.807, 2.05) is 12.1 Å². The maximum atomic E-state index is 13.3. The molecule has 9 nitrogen and oxygen atoms in total. The molecule has 2 amide bonds. The predicted octanol–water partition coefficient (Wildman–Crippen LogP) is 4.95. The van der Waals surface area contributed by atoms with Crippen molar-refractivity contribution in [2.24, 2.45) is 5.41 Å². The fraction of sp³-hybridized carbons (Fsp3) is 0.208. The molecule has 0 spiro atoms. The molecule has 0 saturated carbocycles. The van der Waals surface area contributed by atoms with Crippen molar-refractivity contribution < 1.29 is 9.59 Å². The molecule has 0 aliphatic heterocycles. The van der Waals surface area contributed by atoms with E-state index in [-0.39, 0.29) is 18.1 Å². The zero-order chi connectivity index (χ0) is 26.0. The maximum Gasteiger partial charge on any atom is 0.290 e. The molecule has 0 aliphatic carbocycles. The third-order valence-corrected chi connectivity index (χ3v) is 6.00. The second-order valence-corrected chi connectivity index (χ2v) is 10.2. The van der Waals surface area contributed by atoms with Crippen molar-refractivity contribution in [1.29, 1.82) is 0 Å². The first kappa shape index (κ1) is 25.7. The van der Waals surface area contributed by atoms with Gasteiger partial charge in [-0.25, -0.2) is 14.3 Å². The van der Waals surface area contributed by atoms with E-state index in [0.29, 0.717) is 32.0 Å². The van der Waals surface area contributed by atoms with E-state index < -0.39 is 11.3 Å². The van der Waals surface area contributed by atoms with Crippen molar-refractivity contribution in [3.8, 4) is 16.9 Å². The summed E-state index contributed by atoms with van der Waals surface area (Å²) in [5.74, 6) is -0.964. The van der Waals surface area contributed by atoms with Crippen molar-refractivity contribution >= 4 is 46.6 Å². The van der Waals surface area contributed by atoms with Gasteiger partial charge in [-0.05, 0) is 30.3 Å². The van der Waals surface area contributed by atoms with Crippen molar-refractivity contribution in [3.63, 3.8) is 0 Å². The van der Waals surface area contributed by atoms with E-state index >= 15 is 0 Å². The van der Waals surface area contributed by atoms with E-state index in [9.17, 15) is 9.59 Å². The highest BCUT2D eigenvalue weighted by molar-refractivity contribution is 6.35. The minimum absolute atomic E-state index is 0.0654. The summed E-state index contributed by atoms with van der Waals surface area (Å²) in [7, 11) is 0. The predicted molar refractivity (Wildman–Crippen MR) is 138 cm³/mol. The Bertz CT molecular complexity index is 1410. The van der Waals surface area contributed by atoms with Crippen LogP contribution >= 0.6 is 34.8 Å². The van der Waals surface area contributed by atoms with Crippen LogP contribution in [0.4, 0.5) is 0 Å². The molecule has 36 heavy (non-hydrogen) atoms. The maximum absolute atomic E-state index is 13.3. The molecule has 2 heterocycles. The van der Waals surface area contributed by atoms with Gasteiger partial charge >= 0.3 is 0 Å². The average molecular weight is 547 g/mol. The number of rotatable bonds is 5. The molecule has 0 bridgehead atoms. The van der Waals surface area contributed by atoms with Crippen molar-refractivity contribution in [2.45, 2.75) is 27.3 Å². The SMILES string of the molecule is CC(C)(C)C(=O)NNC(=O)c1nn(-c2ccc(Cl)cc2Cl)c(-c2ccc(Cl)cc2)c1Cn1cncn1. The van der Waals surface area contributed by atoms with Gasteiger partial charge in [-0.1, -0.05) is 67.7 Å². The van der Waals surface area contributed by atoms with Gasteiger partial charge in [-0.2, -0.15) is 10.2 Å². The summed E-state index contributed by atoms with van der Waals surface area (Å²) in [5, 5.41) is 10.1. The fourth-order valence-electron chi connectivity index (χ4n) is 3.35. The summed E-state index contributed by atoms with van der Waals surface area (Å²) >= 11 is 18.8. The first-order chi connectivity index (χ1) is 17.0. The number of amides is 2. The number of hydrogen-bond donors (Lipinski definition) is 2. The van der Waals surface area contributed by atoms with Gasteiger partial charge in [0.2, 0.25) is 5.91 Å². The number of aromatic nitrogens is 5. The van der Waals surface area contributed by atoms with E-state index in [2.05, 4.69) is 26.0 Å². The Balaban J connectivity index is 1.90. The van der Waals surface area contributed by atoms with E-state index in [1.54, 1.807) is 60.5 Å². The molecule has 12 heteroatoms. The molecule has 0 radical (unpaired) electrons. The summed E-state index contributed by atoms with van der Waals surface area (Å²) in [5.41, 5.74) is 6.62. The Labute approximate surface area is 222 Å². The molecule has 0 atom stereocenters. The summed E-state index contributed by atoms with van der Waals surface area (Å²) in [6, 6.07) is 12.1. The first-order valence-electron chi connectivity index (χ1n) is 10.8. The summed E-state index contributed by atoms with van der Waals surface area (Å²) in [4.78, 5) is 29.7. The molecule has 4 aromatic rings. The van der Waals surface area contributed by atoms with Gasteiger partial charge in [-0.3, -0.25) is 20.4 Å². The van der Waals surface area contributed by atoms with Gasteiger partial charge < -0.3 is 0 Å². The number of carbonyl (C=O) groups is 2. The van der Waals surface area contributed by atoms with Crippen LogP contribution in [-0.2, 0) is 11.3 Å². The zero-order valence-electron chi connectivity index (χ0n) is 19.6. The van der Waals surface area contributed by atoms with Gasteiger partial charge in [0, 0.05) is 26.6 Å². The largest absolute Gasteiger partial charge is 0.290 e. The van der Waals surface area contributed by atoms with Gasteiger partial charge in [0.05, 0.1) is 22.9 Å². The molecule has 0 saturated heterocycles. The fourth-order valence-corrected chi connectivity index (χ4v) is 3.97. The number of hydrogen-bond acceptors (Lipinski definition) is 5. The lowest BCUT2D eigenvalue weighted by molar-refractivity contribution is -0.129. The van der Waals surface area contributed by atoms with Gasteiger partial charge in [0.1, 0.15) is 12.7 Å². The highest BCUT2D eigenvalue weighted by Gasteiger charge is 2.28.